The lowest BCUT2D eigenvalue weighted by Gasteiger charge is -2.34. The molecular weight excluding hydrogens is 525 g/mol. The number of benzene rings is 1. The maximum absolute atomic E-state index is 14.5. The molecule has 34 heavy (non-hydrogen) atoms. The van der Waals surface area contributed by atoms with Crippen LogP contribution in [0.3, 0.4) is 0 Å². The van der Waals surface area contributed by atoms with Gasteiger partial charge in [-0.25, -0.2) is 14.2 Å². The third-order valence-electron chi connectivity index (χ3n) is 6.15. The highest BCUT2D eigenvalue weighted by molar-refractivity contribution is 9.10. The molecule has 2 aromatic rings. The smallest absolute Gasteiger partial charge is 0.338 e. The van der Waals surface area contributed by atoms with Crippen LogP contribution in [0.1, 0.15) is 49.2 Å². The SMILES string of the molecule is CCOC(=O)C1=C([C@H]2CC[C@H](C(=O)OC)CC2)NC(c2nccs2)=NC1c1cccc(F)c1Br. The van der Waals surface area contributed by atoms with E-state index in [-0.39, 0.29) is 28.9 Å². The van der Waals surface area contributed by atoms with Crippen molar-refractivity contribution in [1.82, 2.24) is 10.3 Å². The molecule has 1 aromatic carbocycles. The summed E-state index contributed by atoms with van der Waals surface area (Å²) in [5, 5.41) is 5.87. The molecule has 1 unspecified atom stereocenters. The quantitative estimate of drug-likeness (QED) is 0.513. The van der Waals surface area contributed by atoms with Gasteiger partial charge in [-0.1, -0.05) is 12.1 Å². The molecule has 2 aliphatic rings. The molecule has 7 nitrogen and oxygen atoms in total. The third-order valence-corrected chi connectivity index (χ3v) is 7.77. The second-order valence-electron chi connectivity index (χ2n) is 8.11. The van der Waals surface area contributed by atoms with Crippen molar-refractivity contribution in [1.29, 1.82) is 0 Å². The normalized spacial score (nSPS) is 22.6. The number of amidine groups is 1. The Hall–Kier alpha value is -2.59. The van der Waals surface area contributed by atoms with Crippen molar-refractivity contribution < 1.29 is 23.5 Å². The summed E-state index contributed by atoms with van der Waals surface area (Å²) in [6.45, 7) is 1.94. The second kappa shape index (κ2) is 10.8. The summed E-state index contributed by atoms with van der Waals surface area (Å²) in [7, 11) is 1.40. The van der Waals surface area contributed by atoms with Crippen LogP contribution in [-0.4, -0.2) is 36.5 Å². The number of carbonyl (C=O) groups is 2. The van der Waals surface area contributed by atoms with Crippen LogP contribution in [0.5, 0.6) is 0 Å². The van der Waals surface area contributed by atoms with Gasteiger partial charge >= 0.3 is 11.9 Å². The highest BCUT2D eigenvalue weighted by atomic mass is 79.9. The summed E-state index contributed by atoms with van der Waals surface area (Å²) in [6.07, 6.45) is 4.36. The number of esters is 2. The first kappa shape index (κ1) is 24.5. The molecule has 1 saturated carbocycles. The van der Waals surface area contributed by atoms with Crippen LogP contribution in [0.4, 0.5) is 4.39 Å². The van der Waals surface area contributed by atoms with E-state index in [1.54, 1.807) is 25.3 Å². The Morgan fingerprint density at radius 1 is 1.26 bits per heavy atom. The number of hydrogen-bond donors (Lipinski definition) is 1. The Bertz CT molecular complexity index is 1130. The van der Waals surface area contributed by atoms with Crippen LogP contribution in [0, 0.1) is 17.7 Å². The maximum atomic E-state index is 14.5. The summed E-state index contributed by atoms with van der Waals surface area (Å²) in [5.41, 5.74) is 1.58. The molecule has 4 rings (SSSR count). The molecule has 1 aliphatic heterocycles. The number of allylic oxidation sites excluding steroid dienone is 1. The fourth-order valence-electron chi connectivity index (χ4n) is 4.51. The zero-order valence-corrected chi connectivity index (χ0v) is 21.2. The first-order chi connectivity index (χ1) is 16.4. The zero-order chi connectivity index (χ0) is 24.2. The fourth-order valence-corrected chi connectivity index (χ4v) is 5.58. The van der Waals surface area contributed by atoms with Gasteiger partial charge in [0.1, 0.15) is 11.9 Å². The predicted molar refractivity (Wildman–Crippen MR) is 130 cm³/mol. The number of ether oxygens (including phenoxy) is 2. The predicted octanol–water partition coefficient (Wildman–Crippen LogP) is 4.93. The summed E-state index contributed by atoms with van der Waals surface area (Å²) in [5.74, 6) is -0.804. The Morgan fingerprint density at radius 3 is 2.68 bits per heavy atom. The molecule has 0 spiro atoms. The van der Waals surface area contributed by atoms with Crippen molar-refractivity contribution in [2.45, 2.75) is 38.6 Å². The molecule has 10 heteroatoms. The van der Waals surface area contributed by atoms with Crippen molar-refractivity contribution in [2.75, 3.05) is 13.7 Å². The van der Waals surface area contributed by atoms with Crippen LogP contribution >= 0.6 is 27.3 Å². The molecule has 180 valence electrons. The lowest BCUT2D eigenvalue weighted by Crippen LogP contribution is -2.38. The number of aliphatic imine (C=N–C) groups is 1. The first-order valence-electron chi connectivity index (χ1n) is 11.1. The fraction of sp³-hybridized carbons (Fsp3) is 0.417. The molecule has 1 aliphatic carbocycles. The third kappa shape index (κ3) is 4.93. The van der Waals surface area contributed by atoms with Gasteiger partial charge in [0.15, 0.2) is 10.8 Å². The lowest BCUT2D eigenvalue weighted by atomic mass is 9.78. The van der Waals surface area contributed by atoms with Gasteiger partial charge in [0.25, 0.3) is 0 Å². The van der Waals surface area contributed by atoms with Crippen LogP contribution in [0.2, 0.25) is 0 Å². The first-order valence-corrected chi connectivity index (χ1v) is 12.8. The van der Waals surface area contributed by atoms with E-state index >= 15 is 0 Å². The number of rotatable bonds is 6. The van der Waals surface area contributed by atoms with E-state index in [4.69, 9.17) is 14.5 Å². The molecule has 1 fully saturated rings. The van der Waals surface area contributed by atoms with E-state index in [2.05, 4.69) is 26.2 Å². The molecule has 0 radical (unpaired) electrons. The largest absolute Gasteiger partial charge is 0.469 e. The topological polar surface area (TPSA) is 89.9 Å². The van der Waals surface area contributed by atoms with Crippen LogP contribution in [0.15, 0.2) is 50.5 Å². The second-order valence-corrected chi connectivity index (χ2v) is 9.79. The maximum Gasteiger partial charge on any atom is 0.338 e. The van der Waals surface area contributed by atoms with E-state index in [1.807, 2.05) is 5.38 Å². The van der Waals surface area contributed by atoms with Crippen molar-refractivity contribution in [3.63, 3.8) is 0 Å². The average Bonchev–Trinajstić information content (AvgIpc) is 3.40. The zero-order valence-electron chi connectivity index (χ0n) is 18.8. The van der Waals surface area contributed by atoms with Crippen molar-refractivity contribution in [2.24, 2.45) is 16.8 Å². The van der Waals surface area contributed by atoms with Crippen molar-refractivity contribution in [3.05, 3.63) is 61.9 Å². The van der Waals surface area contributed by atoms with Crippen molar-refractivity contribution in [3.8, 4) is 0 Å². The Labute approximate surface area is 209 Å². The number of nitrogens with one attached hydrogen (secondary N) is 1. The summed E-state index contributed by atoms with van der Waals surface area (Å²) < 4.78 is 25.1. The number of hydrogen-bond acceptors (Lipinski definition) is 8. The molecule has 2 heterocycles. The van der Waals surface area contributed by atoms with Crippen LogP contribution in [-0.2, 0) is 19.1 Å². The van der Waals surface area contributed by atoms with Gasteiger partial charge in [-0.2, -0.15) is 0 Å². The van der Waals surface area contributed by atoms with Crippen LogP contribution in [0.25, 0.3) is 0 Å². The molecule has 0 bridgehead atoms. The number of methoxy groups -OCH3 is 1. The molecule has 0 saturated heterocycles. The number of halogens is 2. The number of nitrogens with zero attached hydrogens (tertiary/aromatic N) is 2. The standard InChI is InChI=1S/C24H25BrFN3O4S/c1-3-33-24(31)17-19(13-7-9-14(10-8-13)23(30)32-2)28-21(22-27-11-12-34-22)29-20(17)15-5-4-6-16(26)18(15)25/h4-6,11-14,20H,3,7-10H2,1-2H3,(H,28,29)/t13-,14-,20?. The van der Waals surface area contributed by atoms with Gasteiger partial charge < -0.3 is 14.8 Å². The van der Waals surface area contributed by atoms with E-state index < -0.39 is 17.8 Å². The van der Waals surface area contributed by atoms with Gasteiger partial charge in [0.05, 0.1) is 29.7 Å². The molecule has 0 amide bonds. The monoisotopic (exact) mass is 549 g/mol. The van der Waals surface area contributed by atoms with Gasteiger partial charge in [0.2, 0.25) is 0 Å². The lowest BCUT2D eigenvalue weighted by molar-refractivity contribution is -0.146. The van der Waals surface area contributed by atoms with Crippen molar-refractivity contribution >= 4 is 45.0 Å². The minimum atomic E-state index is -0.780. The Morgan fingerprint density at radius 2 is 2.03 bits per heavy atom. The van der Waals surface area contributed by atoms with Gasteiger partial charge in [-0.05, 0) is 66.1 Å². The number of aromatic nitrogens is 1. The molecule has 1 N–H and O–H groups in total. The molecular formula is C24H25BrFN3O4S. The Kier molecular flexibility index (Phi) is 7.77. The molecule has 1 aromatic heterocycles. The highest BCUT2D eigenvalue weighted by Crippen LogP contribution is 2.42. The summed E-state index contributed by atoms with van der Waals surface area (Å²) >= 11 is 4.76. The minimum absolute atomic E-state index is 0.0272. The molecule has 1 atom stereocenters. The minimum Gasteiger partial charge on any atom is -0.469 e. The highest BCUT2D eigenvalue weighted by Gasteiger charge is 2.38. The van der Waals surface area contributed by atoms with E-state index in [9.17, 15) is 14.0 Å². The Balaban J connectivity index is 1.81. The van der Waals surface area contributed by atoms with Gasteiger partial charge in [-0.3, -0.25) is 9.79 Å². The van der Waals surface area contributed by atoms with E-state index in [0.29, 0.717) is 53.4 Å². The number of thiazole rings is 1. The summed E-state index contributed by atoms with van der Waals surface area (Å²) in [4.78, 5) is 34.5. The summed E-state index contributed by atoms with van der Waals surface area (Å²) in [6, 6.07) is 3.91. The van der Waals surface area contributed by atoms with E-state index in [1.165, 1.54) is 24.5 Å². The van der Waals surface area contributed by atoms with Gasteiger partial charge in [-0.15, -0.1) is 11.3 Å². The van der Waals surface area contributed by atoms with E-state index in [0.717, 1.165) is 0 Å². The van der Waals surface area contributed by atoms with Crippen LogP contribution < -0.4 is 5.32 Å². The number of carbonyl (C=O) groups excluding carboxylic acids is 2. The average molecular weight is 550 g/mol. The van der Waals surface area contributed by atoms with Gasteiger partial charge in [0, 0.05) is 17.3 Å².